The van der Waals surface area contributed by atoms with Crippen LogP contribution in [0.15, 0.2) is 10.4 Å². The molecule has 2 N–H and O–H groups in total. The van der Waals surface area contributed by atoms with Gasteiger partial charge in [0, 0.05) is 25.5 Å². The van der Waals surface area contributed by atoms with Gasteiger partial charge in [-0.15, -0.1) is 11.3 Å². The van der Waals surface area contributed by atoms with Crippen molar-refractivity contribution in [2.45, 2.75) is 32.5 Å². The number of aliphatic imine (C=N–C) groups is 1. The highest BCUT2D eigenvalue weighted by molar-refractivity contribution is 7.09. The van der Waals surface area contributed by atoms with Crippen molar-refractivity contribution in [1.29, 1.82) is 0 Å². The van der Waals surface area contributed by atoms with Crippen LogP contribution >= 0.6 is 11.3 Å². The average molecular weight is 351 g/mol. The van der Waals surface area contributed by atoms with Crippen molar-refractivity contribution in [2.24, 2.45) is 4.99 Å². The van der Waals surface area contributed by atoms with E-state index in [-0.39, 0.29) is 6.54 Å². The summed E-state index contributed by atoms with van der Waals surface area (Å²) in [6, 6.07) is 0. The maximum absolute atomic E-state index is 12.5. The normalized spacial score (nSPS) is 12.7. The summed E-state index contributed by atoms with van der Waals surface area (Å²) < 4.78 is 37.4. The highest BCUT2D eigenvalue weighted by Gasteiger charge is 2.33. The van der Waals surface area contributed by atoms with Crippen molar-refractivity contribution in [1.82, 2.24) is 20.5 Å². The Morgan fingerprint density at radius 2 is 2.09 bits per heavy atom. The van der Waals surface area contributed by atoms with E-state index in [2.05, 4.69) is 39.5 Å². The summed E-state index contributed by atoms with van der Waals surface area (Å²) in [4.78, 5) is 9.84. The van der Waals surface area contributed by atoms with Crippen LogP contribution in [-0.4, -0.2) is 49.6 Å². The molecule has 0 aliphatic carbocycles. The fourth-order valence-electron chi connectivity index (χ4n) is 1.81. The molecule has 0 aromatic carbocycles. The van der Waals surface area contributed by atoms with E-state index in [4.69, 9.17) is 0 Å². The van der Waals surface area contributed by atoms with E-state index in [9.17, 15) is 13.2 Å². The standard InChI is InChI=1S/C14H24F3N5S/c1-4-5-7-22(3)8-6-19-13(18-2)20-9-12-21-11(10-23-12)14(15,16)17/h10H,4-9H2,1-3H3,(H2,18,19,20). The predicted octanol–water partition coefficient (Wildman–Crippen LogP) is 2.56. The van der Waals surface area contributed by atoms with Crippen LogP contribution < -0.4 is 10.6 Å². The lowest BCUT2D eigenvalue weighted by atomic mass is 10.3. The molecule has 9 heteroatoms. The van der Waals surface area contributed by atoms with Gasteiger partial charge < -0.3 is 15.5 Å². The summed E-state index contributed by atoms with van der Waals surface area (Å²) in [5, 5.41) is 7.50. The number of alkyl halides is 3. The third-order valence-corrected chi connectivity index (χ3v) is 4.00. The second kappa shape index (κ2) is 9.71. The lowest BCUT2D eigenvalue weighted by molar-refractivity contribution is -0.140. The Hall–Kier alpha value is -1.35. The number of likely N-dealkylation sites (N-methyl/N-ethyl adjacent to an activating group) is 1. The molecule has 5 nitrogen and oxygen atoms in total. The molecule has 1 heterocycles. The molecule has 0 amide bonds. The van der Waals surface area contributed by atoms with Gasteiger partial charge >= 0.3 is 6.18 Å². The Bertz CT molecular complexity index is 487. The van der Waals surface area contributed by atoms with E-state index in [0.717, 1.165) is 42.6 Å². The molecule has 0 saturated carbocycles. The van der Waals surface area contributed by atoms with E-state index >= 15 is 0 Å². The first kappa shape index (κ1) is 19.7. The van der Waals surface area contributed by atoms with E-state index in [1.807, 2.05) is 0 Å². The number of guanidine groups is 1. The highest BCUT2D eigenvalue weighted by atomic mass is 32.1. The first-order valence-electron chi connectivity index (χ1n) is 7.51. The van der Waals surface area contributed by atoms with Gasteiger partial charge in [-0.1, -0.05) is 13.3 Å². The van der Waals surface area contributed by atoms with Gasteiger partial charge in [0.05, 0.1) is 6.54 Å². The van der Waals surface area contributed by atoms with Crippen molar-refractivity contribution in [3.05, 3.63) is 16.1 Å². The molecule has 0 bridgehead atoms. The molecule has 0 spiro atoms. The van der Waals surface area contributed by atoms with Gasteiger partial charge in [0.2, 0.25) is 0 Å². The number of nitrogens with zero attached hydrogens (tertiary/aromatic N) is 3. The van der Waals surface area contributed by atoms with Gasteiger partial charge in [-0.05, 0) is 20.0 Å². The zero-order valence-corrected chi connectivity index (χ0v) is 14.5. The van der Waals surface area contributed by atoms with Crippen LogP contribution in [0.3, 0.4) is 0 Å². The molecular weight excluding hydrogens is 327 g/mol. The number of aromatic nitrogens is 1. The van der Waals surface area contributed by atoms with E-state index < -0.39 is 11.9 Å². The average Bonchev–Trinajstić information content (AvgIpc) is 2.97. The second-order valence-corrected chi connectivity index (χ2v) is 6.08. The number of hydrogen-bond donors (Lipinski definition) is 2. The molecular formula is C14H24F3N5S. The fourth-order valence-corrected chi connectivity index (χ4v) is 2.55. The second-order valence-electron chi connectivity index (χ2n) is 5.13. The number of unbranched alkanes of at least 4 members (excludes halogenated alkanes) is 1. The minimum absolute atomic E-state index is 0.214. The van der Waals surface area contributed by atoms with Gasteiger partial charge in [0.15, 0.2) is 11.7 Å². The van der Waals surface area contributed by atoms with Gasteiger partial charge in [-0.3, -0.25) is 4.99 Å². The SMILES string of the molecule is CCCCN(C)CCNC(=NC)NCc1nc(C(F)(F)F)cs1. The van der Waals surface area contributed by atoms with Crippen LogP contribution in [-0.2, 0) is 12.7 Å². The fraction of sp³-hybridized carbons (Fsp3) is 0.714. The Morgan fingerprint density at radius 1 is 1.35 bits per heavy atom. The van der Waals surface area contributed by atoms with Gasteiger partial charge in [0.1, 0.15) is 5.01 Å². The lowest BCUT2D eigenvalue weighted by Gasteiger charge is -2.17. The number of nitrogens with one attached hydrogen (secondary N) is 2. The van der Waals surface area contributed by atoms with Crippen molar-refractivity contribution >= 4 is 17.3 Å². The van der Waals surface area contributed by atoms with Crippen LogP contribution in [0.5, 0.6) is 0 Å². The summed E-state index contributed by atoms with van der Waals surface area (Å²) in [7, 11) is 3.68. The molecule has 1 rings (SSSR count). The van der Waals surface area contributed by atoms with Crippen LogP contribution in [0.25, 0.3) is 0 Å². The largest absolute Gasteiger partial charge is 0.434 e. The van der Waals surface area contributed by atoms with Crippen molar-refractivity contribution < 1.29 is 13.2 Å². The summed E-state index contributed by atoms with van der Waals surface area (Å²) in [5.41, 5.74) is -0.847. The van der Waals surface area contributed by atoms with Crippen LogP contribution in [0.1, 0.15) is 30.5 Å². The summed E-state index contributed by atoms with van der Waals surface area (Å²) in [6.07, 6.45) is -2.07. The van der Waals surface area contributed by atoms with Crippen molar-refractivity contribution in [3.8, 4) is 0 Å². The summed E-state index contributed by atoms with van der Waals surface area (Å²) in [6.45, 7) is 5.00. The molecule has 0 radical (unpaired) electrons. The number of thiazole rings is 1. The Labute approximate surface area is 139 Å². The van der Waals surface area contributed by atoms with E-state index in [0.29, 0.717) is 17.5 Å². The van der Waals surface area contributed by atoms with Crippen LogP contribution in [0.2, 0.25) is 0 Å². The Balaban J connectivity index is 2.33. The molecule has 23 heavy (non-hydrogen) atoms. The van der Waals surface area contributed by atoms with Crippen molar-refractivity contribution in [3.63, 3.8) is 0 Å². The molecule has 0 fully saturated rings. The van der Waals surface area contributed by atoms with Gasteiger partial charge in [-0.25, -0.2) is 4.98 Å². The monoisotopic (exact) mass is 351 g/mol. The lowest BCUT2D eigenvalue weighted by Crippen LogP contribution is -2.40. The summed E-state index contributed by atoms with van der Waals surface area (Å²) in [5.74, 6) is 0.553. The number of rotatable bonds is 8. The molecule has 1 aromatic heterocycles. The quantitative estimate of drug-likeness (QED) is 0.558. The molecule has 1 aromatic rings. The maximum atomic E-state index is 12.5. The summed E-state index contributed by atoms with van der Waals surface area (Å²) >= 11 is 0.982. The zero-order chi connectivity index (χ0) is 17.3. The first-order chi connectivity index (χ1) is 10.9. The van der Waals surface area contributed by atoms with Crippen LogP contribution in [0.4, 0.5) is 13.2 Å². The number of halogens is 3. The van der Waals surface area contributed by atoms with Crippen LogP contribution in [0, 0.1) is 0 Å². The highest BCUT2D eigenvalue weighted by Crippen LogP contribution is 2.29. The first-order valence-corrected chi connectivity index (χ1v) is 8.39. The third-order valence-electron chi connectivity index (χ3n) is 3.15. The van der Waals surface area contributed by atoms with Crippen molar-refractivity contribution in [2.75, 3.05) is 33.7 Å². The number of hydrogen-bond acceptors (Lipinski definition) is 4. The predicted molar refractivity (Wildman–Crippen MR) is 87.7 cm³/mol. The Morgan fingerprint density at radius 3 is 2.65 bits per heavy atom. The minimum atomic E-state index is -4.39. The Kier molecular flexibility index (Phi) is 8.32. The van der Waals surface area contributed by atoms with Gasteiger partial charge in [0.25, 0.3) is 0 Å². The molecule has 132 valence electrons. The maximum Gasteiger partial charge on any atom is 0.434 e. The van der Waals surface area contributed by atoms with E-state index in [1.54, 1.807) is 7.05 Å². The molecule has 0 saturated heterocycles. The zero-order valence-electron chi connectivity index (χ0n) is 13.7. The van der Waals surface area contributed by atoms with Gasteiger partial charge in [-0.2, -0.15) is 13.2 Å². The van der Waals surface area contributed by atoms with E-state index in [1.165, 1.54) is 0 Å². The smallest absolute Gasteiger partial charge is 0.355 e. The topological polar surface area (TPSA) is 52.5 Å². The third kappa shape index (κ3) is 7.65. The molecule has 0 atom stereocenters. The molecule has 0 unspecified atom stereocenters. The minimum Gasteiger partial charge on any atom is -0.355 e. The molecule has 0 aliphatic rings. The molecule has 0 aliphatic heterocycles.